The lowest BCUT2D eigenvalue weighted by atomic mass is 10.2. The maximum Gasteiger partial charge on any atom is 0.316 e. The van der Waals surface area contributed by atoms with E-state index < -0.39 is 18.0 Å². The van der Waals surface area contributed by atoms with Crippen molar-refractivity contribution in [2.24, 2.45) is 0 Å². The molecule has 138 valence electrons. The molecule has 0 saturated heterocycles. The largest absolute Gasteiger partial charge is 0.452 e. The summed E-state index contributed by atoms with van der Waals surface area (Å²) in [5, 5.41) is 3.30. The monoisotopic (exact) mass is 395 g/mol. The van der Waals surface area contributed by atoms with Crippen molar-refractivity contribution in [3.63, 3.8) is 0 Å². The summed E-state index contributed by atoms with van der Waals surface area (Å²) in [6.45, 7) is 1.75. The van der Waals surface area contributed by atoms with E-state index in [0.29, 0.717) is 10.8 Å². The first-order chi connectivity index (χ1) is 12.5. The quantitative estimate of drug-likeness (QED) is 0.687. The Morgan fingerprint density at radius 2 is 1.88 bits per heavy atom. The minimum absolute atomic E-state index is 0.126. The molecule has 0 heterocycles. The van der Waals surface area contributed by atoms with Crippen LogP contribution in [0.15, 0.2) is 48.5 Å². The molecule has 1 amide bonds. The average molecular weight is 396 g/mol. The number of nitrogens with one attached hydrogen (secondary N) is 1. The first-order valence-electron chi connectivity index (χ1n) is 7.98. The minimum atomic E-state index is -0.899. The van der Waals surface area contributed by atoms with Gasteiger partial charge in [-0.2, -0.15) is 0 Å². The molecule has 0 aliphatic carbocycles. The molecular weight excluding hydrogens is 377 g/mol. The Morgan fingerprint density at radius 3 is 2.58 bits per heavy atom. The van der Waals surface area contributed by atoms with Crippen molar-refractivity contribution in [2.75, 3.05) is 5.75 Å². The summed E-state index contributed by atoms with van der Waals surface area (Å²) in [6, 6.07) is 13.2. The molecule has 2 rings (SSSR count). The molecule has 2 aromatic carbocycles. The van der Waals surface area contributed by atoms with E-state index in [1.807, 2.05) is 18.2 Å². The highest BCUT2D eigenvalue weighted by molar-refractivity contribution is 7.99. The van der Waals surface area contributed by atoms with Gasteiger partial charge in [-0.1, -0.05) is 41.9 Å². The number of halogens is 2. The fourth-order valence-electron chi connectivity index (χ4n) is 2.08. The molecule has 0 aromatic heterocycles. The first kappa shape index (κ1) is 20.3. The number of benzene rings is 2. The normalized spacial score (nSPS) is 11.7. The van der Waals surface area contributed by atoms with Crippen LogP contribution in [0.2, 0.25) is 5.02 Å². The Labute approximate surface area is 161 Å². The predicted octanol–water partition coefficient (Wildman–Crippen LogP) is 3.96. The molecule has 1 N–H and O–H groups in total. The lowest BCUT2D eigenvalue weighted by Gasteiger charge is -2.13. The Kier molecular flexibility index (Phi) is 7.94. The van der Waals surface area contributed by atoms with Crippen LogP contribution < -0.4 is 5.32 Å². The third-order valence-corrected chi connectivity index (χ3v) is 4.82. The van der Waals surface area contributed by atoms with Crippen molar-refractivity contribution in [1.82, 2.24) is 5.32 Å². The van der Waals surface area contributed by atoms with Crippen molar-refractivity contribution in [2.45, 2.75) is 25.3 Å². The van der Waals surface area contributed by atoms with Gasteiger partial charge in [0, 0.05) is 17.3 Å². The van der Waals surface area contributed by atoms with Crippen LogP contribution in [0.1, 0.15) is 18.1 Å². The summed E-state index contributed by atoms with van der Waals surface area (Å²) in [4.78, 5) is 23.8. The van der Waals surface area contributed by atoms with Crippen LogP contribution in [0.5, 0.6) is 0 Å². The van der Waals surface area contributed by atoms with Gasteiger partial charge in [-0.15, -0.1) is 11.8 Å². The van der Waals surface area contributed by atoms with Crippen molar-refractivity contribution >= 4 is 35.2 Å². The minimum Gasteiger partial charge on any atom is -0.452 e. The molecule has 0 bridgehead atoms. The molecule has 1 atom stereocenters. The number of ether oxygens (including phenoxy) is 1. The van der Waals surface area contributed by atoms with Crippen LogP contribution in [0.3, 0.4) is 0 Å². The van der Waals surface area contributed by atoms with Gasteiger partial charge in [0.05, 0.1) is 5.75 Å². The van der Waals surface area contributed by atoms with E-state index in [0.717, 1.165) is 11.1 Å². The van der Waals surface area contributed by atoms with E-state index in [2.05, 4.69) is 5.32 Å². The second-order valence-corrected chi connectivity index (χ2v) is 6.95. The third kappa shape index (κ3) is 6.69. The molecule has 2 aromatic rings. The van der Waals surface area contributed by atoms with Crippen molar-refractivity contribution < 1.29 is 18.7 Å². The third-order valence-electron chi connectivity index (χ3n) is 3.49. The number of hydrogen-bond acceptors (Lipinski definition) is 4. The van der Waals surface area contributed by atoms with Gasteiger partial charge >= 0.3 is 5.97 Å². The zero-order valence-electron chi connectivity index (χ0n) is 14.2. The van der Waals surface area contributed by atoms with E-state index in [4.69, 9.17) is 16.3 Å². The number of carbonyl (C=O) groups excluding carboxylic acids is 2. The summed E-state index contributed by atoms with van der Waals surface area (Å²) >= 11 is 7.42. The van der Waals surface area contributed by atoms with E-state index in [1.54, 1.807) is 18.2 Å². The lowest BCUT2D eigenvalue weighted by Crippen LogP contribution is -2.35. The molecule has 0 spiro atoms. The fourth-order valence-corrected chi connectivity index (χ4v) is 3.17. The van der Waals surface area contributed by atoms with Gasteiger partial charge in [-0.25, -0.2) is 4.39 Å². The Morgan fingerprint density at radius 1 is 1.19 bits per heavy atom. The molecule has 0 saturated carbocycles. The zero-order chi connectivity index (χ0) is 18.9. The van der Waals surface area contributed by atoms with Crippen LogP contribution in [0, 0.1) is 5.82 Å². The molecule has 26 heavy (non-hydrogen) atoms. The van der Waals surface area contributed by atoms with Crippen LogP contribution in [0.25, 0.3) is 0 Å². The average Bonchev–Trinajstić information content (AvgIpc) is 2.62. The molecule has 0 radical (unpaired) electrons. The standard InChI is InChI=1S/C19H19ClFNO3S/c1-13(19(24)22-10-14-6-8-16(21)9-7-14)25-18(23)12-26-11-15-4-2-3-5-17(15)20/h2-9,13H,10-12H2,1H3,(H,22,24)/t13-/m0/s1. The molecule has 0 aliphatic heterocycles. The van der Waals surface area contributed by atoms with E-state index in [-0.39, 0.29) is 18.1 Å². The van der Waals surface area contributed by atoms with Gasteiger partial charge in [0.1, 0.15) is 5.82 Å². The fraction of sp³-hybridized carbons (Fsp3) is 0.263. The predicted molar refractivity (Wildman–Crippen MR) is 101 cm³/mol. The number of esters is 1. The summed E-state index contributed by atoms with van der Waals surface area (Å²) in [5.74, 6) is -0.497. The topological polar surface area (TPSA) is 55.4 Å². The van der Waals surface area contributed by atoms with Gasteiger partial charge in [-0.05, 0) is 36.2 Å². The van der Waals surface area contributed by atoms with E-state index in [9.17, 15) is 14.0 Å². The van der Waals surface area contributed by atoms with Crippen LogP contribution >= 0.6 is 23.4 Å². The summed E-state index contributed by atoms with van der Waals surface area (Å²) < 4.78 is 18.0. The Bertz CT molecular complexity index is 755. The van der Waals surface area contributed by atoms with Crippen molar-refractivity contribution in [3.05, 3.63) is 70.5 Å². The first-order valence-corrected chi connectivity index (χ1v) is 9.52. The Hall–Kier alpha value is -2.05. The molecule has 0 aliphatic rings. The summed E-state index contributed by atoms with van der Waals surface area (Å²) in [7, 11) is 0. The number of carbonyl (C=O) groups is 2. The van der Waals surface area contributed by atoms with E-state index in [1.165, 1.54) is 30.8 Å². The van der Waals surface area contributed by atoms with Gasteiger partial charge in [0.25, 0.3) is 5.91 Å². The molecule has 0 fully saturated rings. The van der Waals surface area contributed by atoms with Crippen molar-refractivity contribution in [1.29, 1.82) is 0 Å². The van der Waals surface area contributed by atoms with Gasteiger partial charge in [0.2, 0.25) is 0 Å². The summed E-state index contributed by atoms with van der Waals surface area (Å²) in [5.41, 5.74) is 1.70. The lowest BCUT2D eigenvalue weighted by molar-refractivity contribution is -0.152. The van der Waals surface area contributed by atoms with Crippen molar-refractivity contribution in [3.8, 4) is 0 Å². The molecular formula is C19H19ClFNO3S. The summed E-state index contributed by atoms with van der Waals surface area (Å²) in [6.07, 6.45) is -0.899. The molecule has 0 unspecified atom stereocenters. The smallest absolute Gasteiger partial charge is 0.316 e. The number of thioether (sulfide) groups is 1. The Balaban J connectivity index is 1.69. The van der Waals surface area contributed by atoms with Gasteiger partial charge in [-0.3, -0.25) is 9.59 Å². The maximum atomic E-state index is 12.8. The number of rotatable bonds is 8. The van der Waals surface area contributed by atoms with Gasteiger partial charge < -0.3 is 10.1 Å². The second-order valence-electron chi connectivity index (χ2n) is 5.56. The van der Waals surface area contributed by atoms with Crippen LogP contribution in [-0.4, -0.2) is 23.7 Å². The highest BCUT2D eigenvalue weighted by Gasteiger charge is 2.17. The van der Waals surface area contributed by atoms with Gasteiger partial charge in [0.15, 0.2) is 6.10 Å². The number of amides is 1. The molecule has 4 nitrogen and oxygen atoms in total. The number of hydrogen-bond donors (Lipinski definition) is 1. The second kappa shape index (κ2) is 10.2. The highest BCUT2D eigenvalue weighted by atomic mass is 35.5. The maximum absolute atomic E-state index is 12.8. The SMILES string of the molecule is C[C@H](OC(=O)CSCc1ccccc1Cl)C(=O)NCc1ccc(F)cc1. The van der Waals surface area contributed by atoms with E-state index >= 15 is 0 Å². The highest BCUT2D eigenvalue weighted by Crippen LogP contribution is 2.20. The zero-order valence-corrected chi connectivity index (χ0v) is 15.8. The van der Waals surface area contributed by atoms with Crippen LogP contribution in [-0.2, 0) is 26.6 Å². The van der Waals surface area contributed by atoms with Crippen LogP contribution in [0.4, 0.5) is 4.39 Å². The molecule has 7 heteroatoms.